The van der Waals surface area contributed by atoms with Gasteiger partial charge in [-0.3, -0.25) is 0 Å². The highest BCUT2D eigenvalue weighted by Crippen LogP contribution is 2.47. The van der Waals surface area contributed by atoms with E-state index in [4.69, 9.17) is 30.5 Å². The molecule has 1 heterocycles. The molecule has 0 radical (unpaired) electrons. The van der Waals surface area contributed by atoms with Gasteiger partial charge >= 0.3 is 0 Å². The van der Waals surface area contributed by atoms with E-state index in [1.165, 1.54) is 0 Å². The number of benzene rings is 1. The number of ether oxygens (including phenoxy) is 4. The van der Waals surface area contributed by atoms with Crippen LogP contribution in [0, 0.1) is 0 Å². The van der Waals surface area contributed by atoms with E-state index < -0.39 is 8.07 Å². The van der Waals surface area contributed by atoms with Crippen molar-refractivity contribution in [3.05, 3.63) is 29.3 Å². The van der Waals surface area contributed by atoms with Crippen molar-refractivity contribution < 1.29 is 18.9 Å². The summed E-state index contributed by atoms with van der Waals surface area (Å²) in [5.41, 5.74) is 0.280. The van der Waals surface area contributed by atoms with Gasteiger partial charge in [-0.2, -0.15) is 0 Å². The van der Waals surface area contributed by atoms with Crippen LogP contribution in [0.2, 0.25) is 23.2 Å². The highest BCUT2D eigenvalue weighted by Gasteiger charge is 2.58. The van der Waals surface area contributed by atoms with Crippen LogP contribution in [0.4, 0.5) is 0 Å². The molecule has 136 valence electrons. The Morgan fingerprint density at radius 1 is 1.29 bits per heavy atom. The third kappa shape index (κ3) is 4.73. The van der Waals surface area contributed by atoms with E-state index in [0.29, 0.717) is 11.6 Å². The van der Waals surface area contributed by atoms with Crippen LogP contribution in [0.1, 0.15) is 20.8 Å². The molecule has 3 atom stereocenters. The molecule has 2 rings (SSSR count). The maximum Gasteiger partial charge on any atom is 0.147 e. The fourth-order valence-corrected chi connectivity index (χ4v) is 5.11. The Morgan fingerprint density at radius 2 is 2.00 bits per heavy atom. The van der Waals surface area contributed by atoms with Crippen LogP contribution >= 0.6 is 11.6 Å². The van der Waals surface area contributed by atoms with Crippen LogP contribution in [0.5, 0.6) is 5.75 Å². The van der Waals surface area contributed by atoms with Crippen LogP contribution in [0.15, 0.2) is 24.3 Å². The minimum atomic E-state index is -1.57. The molecule has 1 aliphatic heterocycles. The molecule has 0 bridgehead atoms. The molecule has 0 spiro atoms. The van der Waals surface area contributed by atoms with Crippen molar-refractivity contribution in [2.75, 3.05) is 20.5 Å². The fraction of sp³-hybridized carbons (Fsp3) is 0.667. The van der Waals surface area contributed by atoms with Crippen molar-refractivity contribution in [1.29, 1.82) is 0 Å². The second-order valence-corrected chi connectivity index (χ2v) is 13.8. The van der Waals surface area contributed by atoms with Gasteiger partial charge in [-0.25, -0.2) is 0 Å². The van der Waals surface area contributed by atoms with Crippen molar-refractivity contribution in [3.63, 3.8) is 0 Å². The molecule has 1 saturated heterocycles. The predicted molar refractivity (Wildman–Crippen MR) is 99.6 cm³/mol. The second kappa shape index (κ2) is 7.75. The zero-order chi connectivity index (χ0) is 18.0. The van der Waals surface area contributed by atoms with Gasteiger partial charge in [-0.1, -0.05) is 51.5 Å². The molecular weight excluding hydrogens is 344 g/mol. The van der Waals surface area contributed by atoms with Gasteiger partial charge in [0.1, 0.15) is 31.4 Å². The van der Waals surface area contributed by atoms with Gasteiger partial charge in [0.2, 0.25) is 0 Å². The Hall–Kier alpha value is -0.593. The predicted octanol–water partition coefficient (Wildman–Crippen LogP) is 4.52. The van der Waals surface area contributed by atoms with E-state index in [9.17, 15) is 0 Å². The van der Waals surface area contributed by atoms with Crippen molar-refractivity contribution >= 4 is 19.7 Å². The van der Waals surface area contributed by atoms with Crippen LogP contribution in [0.25, 0.3) is 0 Å². The average Bonchev–Trinajstić information content (AvgIpc) is 3.27. The lowest BCUT2D eigenvalue weighted by Gasteiger charge is -2.36. The molecule has 1 aromatic rings. The Labute approximate surface area is 151 Å². The molecular formula is C18H29ClO4Si. The summed E-state index contributed by atoms with van der Waals surface area (Å²) in [6.07, 6.45) is -0.0803. The first-order valence-corrected chi connectivity index (χ1v) is 11.8. The Balaban J connectivity index is 1.99. The van der Waals surface area contributed by atoms with Crippen LogP contribution in [0.3, 0.4) is 0 Å². The Morgan fingerprint density at radius 3 is 2.58 bits per heavy atom. The third-order valence-corrected chi connectivity index (χ3v) is 11.1. The second-order valence-electron chi connectivity index (χ2n) is 7.87. The van der Waals surface area contributed by atoms with Crippen molar-refractivity contribution in [2.45, 2.75) is 56.8 Å². The summed E-state index contributed by atoms with van der Waals surface area (Å²) in [4.78, 5) is 0. The summed E-state index contributed by atoms with van der Waals surface area (Å²) >= 11 is 6.00. The smallest absolute Gasteiger partial charge is 0.147 e. The van der Waals surface area contributed by atoms with E-state index in [1.807, 2.05) is 18.2 Å². The Kier molecular flexibility index (Phi) is 6.37. The fourth-order valence-electron chi connectivity index (χ4n) is 2.54. The molecule has 24 heavy (non-hydrogen) atoms. The number of halogens is 1. The normalized spacial score (nSPS) is 22.3. The van der Waals surface area contributed by atoms with Gasteiger partial charge in [-0.05, 0) is 23.2 Å². The lowest BCUT2D eigenvalue weighted by Crippen LogP contribution is -2.46. The molecule has 2 unspecified atom stereocenters. The van der Waals surface area contributed by atoms with E-state index in [2.05, 4.69) is 33.9 Å². The van der Waals surface area contributed by atoms with Crippen molar-refractivity contribution in [1.82, 2.24) is 0 Å². The lowest BCUT2D eigenvalue weighted by atomic mass is 10.2. The van der Waals surface area contributed by atoms with Gasteiger partial charge in [0.25, 0.3) is 0 Å². The summed E-state index contributed by atoms with van der Waals surface area (Å²) in [7, 11) is 0.0458. The molecule has 6 heteroatoms. The van der Waals surface area contributed by atoms with E-state index in [-0.39, 0.29) is 29.8 Å². The number of methoxy groups -OCH3 is 1. The first kappa shape index (κ1) is 19.7. The molecule has 0 aromatic heterocycles. The highest BCUT2D eigenvalue weighted by molar-refractivity contribution is 6.82. The molecule has 1 aliphatic rings. The minimum absolute atomic E-state index is 0.0697. The van der Waals surface area contributed by atoms with E-state index in [0.717, 1.165) is 5.75 Å². The number of hydrogen-bond acceptors (Lipinski definition) is 4. The van der Waals surface area contributed by atoms with Gasteiger partial charge in [0, 0.05) is 12.1 Å². The molecule has 1 aromatic carbocycles. The number of rotatable bonds is 8. The summed E-state index contributed by atoms with van der Waals surface area (Å²) < 4.78 is 22.8. The molecule has 1 fully saturated rings. The zero-order valence-corrected chi connectivity index (χ0v) is 17.2. The average molecular weight is 373 g/mol. The molecule has 0 aliphatic carbocycles. The van der Waals surface area contributed by atoms with E-state index in [1.54, 1.807) is 13.2 Å². The number of epoxide rings is 1. The third-order valence-electron chi connectivity index (χ3n) is 5.15. The molecule has 0 N–H and O–H groups in total. The van der Waals surface area contributed by atoms with Crippen LogP contribution < -0.4 is 4.74 Å². The minimum Gasteiger partial charge on any atom is -0.491 e. The molecule has 0 amide bonds. The summed E-state index contributed by atoms with van der Waals surface area (Å²) in [6, 6.07) is 7.38. The van der Waals surface area contributed by atoms with E-state index >= 15 is 0 Å². The largest absolute Gasteiger partial charge is 0.491 e. The van der Waals surface area contributed by atoms with Gasteiger partial charge in [-0.15, -0.1) is 0 Å². The SMILES string of the molecule is COCO[C@@H](COc1cccc(Cl)c1)C1OC1[Si](C)(C)C(C)(C)C. The first-order chi connectivity index (χ1) is 11.2. The van der Waals surface area contributed by atoms with Gasteiger partial charge < -0.3 is 18.9 Å². The maximum atomic E-state index is 6.05. The summed E-state index contributed by atoms with van der Waals surface area (Å²) in [6.45, 7) is 12.3. The monoisotopic (exact) mass is 372 g/mol. The quantitative estimate of drug-likeness (QED) is 0.382. The maximum absolute atomic E-state index is 6.05. The standard InChI is InChI=1S/C18H29ClO4Si/c1-18(2,3)24(5,6)17-16(23-17)15(22-12-20-4)11-21-14-9-7-8-13(19)10-14/h7-10,15-17H,11-12H2,1-6H3/t15-,16?,17?/m0/s1. The lowest BCUT2D eigenvalue weighted by molar-refractivity contribution is -0.0914. The first-order valence-electron chi connectivity index (χ1n) is 8.31. The topological polar surface area (TPSA) is 40.2 Å². The zero-order valence-electron chi connectivity index (χ0n) is 15.5. The van der Waals surface area contributed by atoms with Crippen molar-refractivity contribution in [2.24, 2.45) is 0 Å². The Bertz CT molecular complexity index is 544. The van der Waals surface area contributed by atoms with Gasteiger partial charge in [0.15, 0.2) is 0 Å². The molecule has 0 saturated carbocycles. The summed E-state index contributed by atoms with van der Waals surface area (Å²) in [5.74, 6) is 0.734. The number of hydrogen-bond donors (Lipinski definition) is 0. The molecule has 4 nitrogen and oxygen atoms in total. The van der Waals surface area contributed by atoms with Crippen LogP contribution in [-0.2, 0) is 14.2 Å². The summed E-state index contributed by atoms with van der Waals surface area (Å²) in [5, 5.41) is 0.926. The van der Waals surface area contributed by atoms with Crippen molar-refractivity contribution in [3.8, 4) is 5.75 Å². The highest BCUT2D eigenvalue weighted by atomic mass is 35.5. The van der Waals surface area contributed by atoms with Gasteiger partial charge in [0.05, 0.1) is 13.8 Å². The van der Waals surface area contributed by atoms with Crippen LogP contribution in [-0.4, -0.2) is 46.5 Å².